The van der Waals surface area contributed by atoms with Crippen LogP contribution >= 0.6 is 11.3 Å². The van der Waals surface area contributed by atoms with Crippen molar-refractivity contribution in [1.29, 1.82) is 0 Å². The lowest BCUT2D eigenvalue weighted by Gasteiger charge is -2.17. The van der Waals surface area contributed by atoms with Gasteiger partial charge in [0, 0.05) is 11.1 Å². The second-order valence-corrected chi connectivity index (χ2v) is 5.75. The number of furan rings is 1. The van der Waals surface area contributed by atoms with Gasteiger partial charge in [0.2, 0.25) is 0 Å². The predicted octanol–water partition coefficient (Wildman–Crippen LogP) is 4.76. The summed E-state index contributed by atoms with van der Waals surface area (Å²) in [7, 11) is 0. The molecule has 1 N–H and O–H groups in total. The topological polar surface area (TPSA) is 25.2 Å². The molecule has 0 bridgehead atoms. The molecule has 3 aromatic rings. The lowest BCUT2D eigenvalue weighted by Crippen LogP contribution is -2.21. The van der Waals surface area contributed by atoms with Gasteiger partial charge in [-0.2, -0.15) is 0 Å². The SMILES string of the molecule is CCNC(c1ccc(CC)o1)c1cccc2ccsc12. The summed E-state index contributed by atoms with van der Waals surface area (Å²) in [4.78, 5) is 0. The maximum absolute atomic E-state index is 5.97. The van der Waals surface area contributed by atoms with Crippen LogP contribution in [0.3, 0.4) is 0 Å². The smallest absolute Gasteiger partial charge is 0.125 e. The summed E-state index contributed by atoms with van der Waals surface area (Å²) in [6.07, 6.45) is 0.933. The molecule has 3 heteroatoms. The molecular weight excluding hydrogens is 266 g/mol. The maximum atomic E-state index is 5.97. The van der Waals surface area contributed by atoms with E-state index < -0.39 is 0 Å². The minimum Gasteiger partial charge on any atom is -0.464 e. The monoisotopic (exact) mass is 285 g/mol. The first kappa shape index (κ1) is 13.4. The van der Waals surface area contributed by atoms with Crippen LogP contribution in [0, 0.1) is 0 Å². The number of hydrogen-bond donors (Lipinski definition) is 1. The van der Waals surface area contributed by atoms with Gasteiger partial charge in [-0.25, -0.2) is 0 Å². The molecule has 0 radical (unpaired) electrons. The Labute approximate surface area is 123 Å². The maximum Gasteiger partial charge on any atom is 0.125 e. The molecule has 2 heterocycles. The number of benzene rings is 1. The van der Waals surface area contributed by atoms with E-state index in [1.807, 2.05) is 0 Å². The number of fused-ring (bicyclic) bond motifs is 1. The van der Waals surface area contributed by atoms with Crippen LogP contribution < -0.4 is 5.32 Å². The summed E-state index contributed by atoms with van der Waals surface area (Å²) in [5.74, 6) is 2.05. The van der Waals surface area contributed by atoms with Crippen LogP contribution in [0.5, 0.6) is 0 Å². The van der Waals surface area contributed by atoms with E-state index >= 15 is 0 Å². The first-order chi connectivity index (χ1) is 9.83. The number of nitrogens with one attached hydrogen (secondary N) is 1. The Morgan fingerprint density at radius 2 is 2.05 bits per heavy atom. The number of hydrogen-bond acceptors (Lipinski definition) is 3. The lowest BCUT2D eigenvalue weighted by molar-refractivity contribution is 0.427. The highest BCUT2D eigenvalue weighted by molar-refractivity contribution is 7.17. The molecule has 0 aliphatic rings. The van der Waals surface area contributed by atoms with Gasteiger partial charge in [0.1, 0.15) is 11.5 Å². The zero-order chi connectivity index (χ0) is 13.9. The molecule has 0 aliphatic carbocycles. The molecule has 1 atom stereocenters. The Hall–Kier alpha value is -1.58. The van der Waals surface area contributed by atoms with Gasteiger partial charge in [0.05, 0.1) is 6.04 Å². The summed E-state index contributed by atoms with van der Waals surface area (Å²) in [6.45, 7) is 5.16. The van der Waals surface area contributed by atoms with Crippen LogP contribution in [0.25, 0.3) is 10.1 Å². The van der Waals surface area contributed by atoms with Crippen molar-refractivity contribution in [3.8, 4) is 0 Å². The fourth-order valence-electron chi connectivity index (χ4n) is 2.55. The van der Waals surface area contributed by atoms with E-state index in [0.29, 0.717) is 0 Å². The van der Waals surface area contributed by atoms with Gasteiger partial charge in [-0.05, 0) is 41.1 Å². The molecule has 3 rings (SSSR count). The van der Waals surface area contributed by atoms with E-state index in [9.17, 15) is 0 Å². The molecule has 0 aliphatic heterocycles. The second-order valence-electron chi connectivity index (χ2n) is 4.83. The summed E-state index contributed by atoms with van der Waals surface area (Å²) < 4.78 is 7.31. The first-order valence-corrected chi connectivity index (χ1v) is 7.99. The van der Waals surface area contributed by atoms with E-state index in [1.165, 1.54) is 15.6 Å². The number of rotatable bonds is 5. The van der Waals surface area contributed by atoms with Crippen LogP contribution in [-0.4, -0.2) is 6.54 Å². The number of aryl methyl sites for hydroxylation is 1. The van der Waals surface area contributed by atoms with Crippen LogP contribution in [0.1, 0.15) is 37.0 Å². The Morgan fingerprint density at radius 3 is 2.80 bits per heavy atom. The molecule has 0 fully saturated rings. The van der Waals surface area contributed by atoms with Gasteiger partial charge < -0.3 is 9.73 Å². The van der Waals surface area contributed by atoms with Gasteiger partial charge in [-0.3, -0.25) is 0 Å². The molecular formula is C17H19NOS. The summed E-state index contributed by atoms with van der Waals surface area (Å²) in [6, 6.07) is 13.0. The Balaban J connectivity index is 2.08. The Bertz CT molecular complexity index is 698. The van der Waals surface area contributed by atoms with Gasteiger partial charge in [-0.15, -0.1) is 11.3 Å². The molecule has 2 aromatic heterocycles. The van der Waals surface area contributed by atoms with Crippen molar-refractivity contribution in [3.63, 3.8) is 0 Å². The molecule has 0 amide bonds. The van der Waals surface area contributed by atoms with Crippen molar-refractivity contribution in [2.75, 3.05) is 6.54 Å². The van der Waals surface area contributed by atoms with Gasteiger partial charge in [0.25, 0.3) is 0 Å². The molecule has 20 heavy (non-hydrogen) atoms. The van der Waals surface area contributed by atoms with E-state index in [2.05, 4.69) is 60.9 Å². The molecule has 2 nitrogen and oxygen atoms in total. The van der Waals surface area contributed by atoms with Crippen LogP contribution in [0.2, 0.25) is 0 Å². The van der Waals surface area contributed by atoms with Gasteiger partial charge >= 0.3 is 0 Å². The quantitative estimate of drug-likeness (QED) is 0.731. The average molecular weight is 285 g/mol. The Kier molecular flexibility index (Phi) is 3.90. The third-order valence-electron chi connectivity index (χ3n) is 3.54. The van der Waals surface area contributed by atoms with Crippen molar-refractivity contribution in [1.82, 2.24) is 5.32 Å². The van der Waals surface area contributed by atoms with Crippen LogP contribution in [0.4, 0.5) is 0 Å². The zero-order valence-electron chi connectivity index (χ0n) is 11.8. The predicted molar refractivity (Wildman–Crippen MR) is 85.4 cm³/mol. The van der Waals surface area contributed by atoms with Crippen molar-refractivity contribution in [2.45, 2.75) is 26.3 Å². The highest BCUT2D eigenvalue weighted by Crippen LogP contribution is 2.33. The normalized spacial score (nSPS) is 12.9. The molecule has 0 saturated heterocycles. The highest BCUT2D eigenvalue weighted by atomic mass is 32.1. The van der Waals surface area contributed by atoms with E-state index in [4.69, 9.17) is 4.42 Å². The largest absolute Gasteiger partial charge is 0.464 e. The fraction of sp³-hybridized carbons (Fsp3) is 0.294. The first-order valence-electron chi connectivity index (χ1n) is 7.11. The van der Waals surface area contributed by atoms with Crippen LogP contribution in [0.15, 0.2) is 46.2 Å². The van der Waals surface area contributed by atoms with Crippen LogP contribution in [-0.2, 0) is 6.42 Å². The third kappa shape index (κ3) is 2.39. The summed E-state index contributed by atoms with van der Waals surface area (Å²) in [5, 5.41) is 7.00. The minimum absolute atomic E-state index is 0.127. The average Bonchev–Trinajstić information content (AvgIpc) is 3.12. The van der Waals surface area contributed by atoms with Gasteiger partial charge in [-0.1, -0.05) is 32.0 Å². The Morgan fingerprint density at radius 1 is 1.15 bits per heavy atom. The van der Waals surface area contributed by atoms with E-state index in [-0.39, 0.29) is 6.04 Å². The van der Waals surface area contributed by atoms with Crippen molar-refractivity contribution in [2.24, 2.45) is 0 Å². The fourth-order valence-corrected chi connectivity index (χ4v) is 3.50. The second kappa shape index (κ2) is 5.81. The lowest BCUT2D eigenvalue weighted by atomic mass is 10.0. The van der Waals surface area contributed by atoms with Crippen molar-refractivity contribution < 1.29 is 4.42 Å². The highest BCUT2D eigenvalue weighted by Gasteiger charge is 2.19. The molecule has 104 valence electrons. The van der Waals surface area contributed by atoms with E-state index in [0.717, 1.165) is 24.5 Å². The standard InChI is InChI=1S/C17H19NOS/c1-3-13-8-9-15(19-13)16(18-4-2)14-7-5-6-12-10-11-20-17(12)14/h5-11,16,18H,3-4H2,1-2H3. The molecule has 1 unspecified atom stereocenters. The molecule has 0 spiro atoms. The summed E-state index contributed by atoms with van der Waals surface area (Å²) in [5.41, 5.74) is 1.30. The minimum atomic E-state index is 0.127. The zero-order valence-corrected chi connectivity index (χ0v) is 12.7. The van der Waals surface area contributed by atoms with Gasteiger partial charge in [0.15, 0.2) is 0 Å². The summed E-state index contributed by atoms with van der Waals surface area (Å²) >= 11 is 1.79. The molecule has 0 saturated carbocycles. The molecule has 1 aromatic carbocycles. The van der Waals surface area contributed by atoms with E-state index in [1.54, 1.807) is 11.3 Å². The van der Waals surface area contributed by atoms with Crippen molar-refractivity contribution in [3.05, 3.63) is 58.9 Å². The number of thiophene rings is 1. The third-order valence-corrected chi connectivity index (χ3v) is 4.52. The van der Waals surface area contributed by atoms with Crippen molar-refractivity contribution >= 4 is 21.4 Å².